The summed E-state index contributed by atoms with van der Waals surface area (Å²) < 4.78 is 38.9. The van der Waals surface area contributed by atoms with Crippen LogP contribution < -0.4 is 5.32 Å². The van der Waals surface area contributed by atoms with Gasteiger partial charge in [-0.2, -0.15) is 0 Å². The first kappa shape index (κ1) is 32.6. The first-order chi connectivity index (χ1) is 19.6. The van der Waals surface area contributed by atoms with Crippen LogP contribution >= 0.6 is 0 Å². The first-order valence-electron chi connectivity index (χ1n) is 14.3. The van der Waals surface area contributed by atoms with Crippen LogP contribution in [0.15, 0.2) is 36.4 Å². The second-order valence-electron chi connectivity index (χ2n) is 10.7. The summed E-state index contributed by atoms with van der Waals surface area (Å²) in [4.78, 5) is 28.4. The van der Waals surface area contributed by atoms with Gasteiger partial charge in [-0.3, -0.25) is 9.59 Å². The van der Waals surface area contributed by atoms with Gasteiger partial charge in [-0.05, 0) is 80.5 Å². The van der Waals surface area contributed by atoms with Gasteiger partial charge >= 0.3 is 0 Å². The second-order valence-corrected chi connectivity index (χ2v) is 10.7. The van der Waals surface area contributed by atoms with E-state index in [4.69, 9.17) is 9.47 Å². The maximum Gasteiger partial charge on any atom is 0.253 e. The van der Waals surface area contributed by atoms with Crippen LogP contribution in [-0.2, 0) is 15.9 Å². The van der Waals surface area contributed by atoms with E-state index in [0.29, 0.717) is 30.8 Å². The first-order valence-corrected chi connectivity index (χ1v) is 14.3. The summed E-state index contributed by atoms with van der Waals surface area (Å²) >= 11 is 0. The number of aryl methyl sites for hydroxylation is 1. The lowest BCUT2D eigenvalue weighted by atomic mass is 9.96. The molecule has 3 N–H and O–H groups in total. The van der Waals surface area contributed by atoms with E-state index in [1.807, 2.05) is 13.8 Å². The molecule has 8 nitrogen and oxygen atoms in total. The zero-order valence-electron chi connectivity index (χ0n) is 24.1. The highest BCUT2D eigenvalue weighted by molar-refractivity contribution is 6.00. The largest absolute Gasteiger partial charge is 0.388 e. The number of aliphatic hydroxyl groups is 2. The molecule has 4 atom stereocenters. The maximum atomic E-state index is 13.9. The van der Waals surface area contributed by atoms with E-state index in [1.54, 1.807) is 24.0 Å². The molecular weight excluding hydrogens is 534 g/mol. The highest BCUT2D eigenvalue weighted by Crippen LogP contribution is 2.18. The quantitative estimate of drug-likeness (QED) is 0.298. The summed E-state index contributed by atoms with van der Waals surface area (Å²) in [6, 6.07) is 6.64. The summed E-state index contributed by atoms with van der Waals surface area (Å²) in [5.74, 6) is -2.39. The molecule has 10 heteroatoms. The molecule has 1 aliphatic rings. The minimum Gasteiger partial charge on any atom is -0.388 e. The predicted molar refractivity (Wildman–Crippen MR) is 151 cm³/mol. The molecule has 1 aliphatic heterocycles. The van der Waals surface area contributed by atoms with Gasteiger partial charge in [0.15, 0.2) is 0 Å². The average molecular weight is 577 g/mol. The molecule has 226 valence electrons. The number of halogens is 2. The van der Waals surface area contributed by atoms with Crippen molar-refractivity contribution in [2.24, 2.45) is 0 Å². The van der Waals surface area contributed by atoms with Gasteiger partial charge < -0.3 is 29.9 Å². The predicted octanol–water partition coefficient (Wildman–Crippen LogP) is 3.79. The molecule has 1 heterocycles. The number of benzene rings is 2. The standard InChI is InChI=1S/C31H42F2N2O6/c1-4-8-35(9-5-2)31(39)23-12-20(3)11-22(16-23)30(38)34-27(15-21-13-24(32)17-25(33)14-21)29(37)28(36)19-40-18-26-7-6-10-41-26/h11-14,16-17,26-29,36-37H,4-10,15,18-19H2,1-3H3,(H,34,38)/t26?,27-,28?,29+/m0/s1. The Morgan fingerprint density at radius 1 is 1.05 bits per heavy atom. The van der Waals surface area contributed by atoms with E-state index in [-0.39, 0.29) is 42.8 Å². The van der Waals surface area contributed by atoms with Crippen LogP contribution in [0.5, 0.6) is 0 Å². The molecule has 0 spiro atoms. The van der Waals surface area contributed by atoms with E-state index in [2.05, 4.69) is 5.32 Å². The average Bonchev–Trinajstić information content (AvgIpc) is 3.44. The third-order valence-electron chi connectivity index (χ3n) is 6.98. The van der Waals surface area contributed by atoms with E-state index >= 15 is 0 Å². The van der Waals surface area contributed by atoms with Gasteiger partial charge in [-0.15, -0.1) is 0 Å². The summed E-state index contributed by atoms with van der Waals surface area (Å²) in [7, 11) is 0. The summed E-state index contributed by atoms with van der Waals surface area (Å²) in [6.07, 6.45) is 0.209. The van der Waals surface area contributed by atoms with E-state index < -0.39 is 35.8 Å². The molecule has 3 rings (SSSR count). The van der Waals surface area contributed by atoms with Crippen LogP contribution in [-0.4, -0.2) is 84.2 Å². The Labute approximate surface area is 240 Å². The van der Waals surface area contributed by atoms with Crippen molar-refractivity contribution < 1.29 is 38.1 Å². The monoisotopic (exact) mass is 576 g/mol. The number of nitrogens with zero attached hydrogens (tertiary/aromatic N) is 1. The summed E-state index contributed by atoms with van der Waals surface area (Å²) in [6.45, 7) is 7.61. The zero-order valence-corrected chi connectivity index (χ0v) is 24.1. The minimum atomic E-state index is -1.52. The number of amides is 2. The molecule has 2 amide bonds. The van der Waals surface area contributed by atoms with E-state index in [9.17, 15) is 28.6 Å². The van der Waals surface area contributed by atoms with Crippen LogP contribution in [0, 0.1) is 18.6 Å². The highest BCUT2D eigenvalue weighted by Gasteiger charge is 2.30. The molecule has 0 aliphatic carbocycles. The molecule has 2 aromatic rings. The van der Waals surface area contributed by atoms with Gasteiger partial charge in [-0.25, -0.2) is 8.78 Å². The summed E-state index contributed by atoms with van der Waals surface area (Å²) in [5.41, 5.74) is 1.44. The number of hydrogen-bond donors (Lipinski definition) is 3. The zero-order chi connectivity index (χ0) is 29.9. The van der Waals surface area contributed by atoms with Crippen LogP contribution in [0.2, 0.25) is 0 Å². The molecule has 0 saturated carbocycles. The van der Waals surface area contributed by atoms with Crippen molar-refractivity contribution in [3.8, 4) is 0 Å². The number of hydrogen-bond acceptors (Lipinski definition) is 6. The van der Waals surface area contributed by atoms with E-state index in [1.165, 1.54) is 6.07 Å². The SMILES string of the molecule is CCCN(CCC)C(=O)c1cc(C)cc(C(=O)N[C@@H](Cc2cc(F)cc(F)c2)[C@@H](O)C(O)COCC2CCCO2)c1. The normalized spacial score (nSPS) is 17.2. The molecule has 41 heavy (non-hydrogen) atoms. The smallest absolute Gasteiger partial charge is 0.253 e. The molecule has 1 fully saturated rings. The lowest BCUT2D eigenvalue weighted by Crippen LogP contribution is -2.51. The fraction of sp³-hybridized carbons (Fsp3) is 0.548. The number of ether oxygens (including phenoxy) is 2. The molecule has 2 aromatic carbocycles. The Bertz CT molecular complexity index is 1130. The number of rotatable bonds is 15. The van der Waals surface area contributed by atoms with Crippen LogP contribution in [0.1, 0.15) is 71.4 Å². The number of carbonyl (C=O) groups is 2. The molecule has 0 aromatic heterocycles. The van der Waals surface area contributed by atoms with Crippen molar-refractivity contribution in [3.63, 3.8) is 0 Å². The lowest BCUT2D eigenvalue weighted by molar-refractivity contribution is -0.0670. The Morgan fingerprint density at radius 2 is 1.71 bits per heavy atom. The highest BCUT2D eigenvalue weighted by atomic mass is 19.1. The van der Waals surface area contributed by atoms with Gasteiger partial charge in [-0.1, -0.05) is 13.8 Å². The fourth-order valence-corrected chi connectivity index (χ4v) is 5.03. The van der Waals surface area contributed by atoms with Gasteiger partial charge in [0.05, 0.1) is 25.4 Å². The Morgan fingerprint density at radius 3 is 2.32 bits per heavy atom. The van der Waals surface area contributed by atoms with E-state index in [0.717, 1.165) is 43.9 Å². The molecule has 2 unspecified atom stereocenters. The van der Waals surface area contributed by atoms with Crippen molar-refractivity contribution in [1.82, 2.24) is 10.2 Å². The Balaban J connectivity index is 1.80. The number of carbonyl (C=O) groups excluding carboxylic acids is 2. The molecule has 1 saturated heterocycles. The Hall–Kier alpha value is -2.92. The van der Waals surface area contributed by atoms with Crippen molar-refractivity contribution in [1.29, 1.82) is 0 Å². The third-order valence-corrected chi connectivity index (χ3v) is 6.98. The van der Waals surface area contributed by atoms with Crippen molar-refractivity contribution >= 4 is 11.8 Å². The van der Waals surface area contributed by atoms with Gasteiger partial charge in [0, 0.05) is 36.9 Å². The molecule has 0 radical (unpaired) electrons. The molecular formula is C31H42F2N2O6. The number of nitrogens with one attached hydrogen (secondary N) is 1. The van der Waals surface area contributed by atoms with Gasteiger partial charge in [0.2, 0.25) is 0 Å². The van der Waals surface area contributed by atoms with Gasteiger partial charge in [0.25, 0.3) is 11.8 Å². The Kier molecular flexibility index (Phi) is 12.6. The van der Waals surface area contributed by atoms with Gasteiger partial charge in [0.1, 0.15) is 23.8 Å². The maximum absolute atomic E-state index is 13.9. The third kappa shape index (κ3) is 9.85. The van der Waals surface area contributed by atoms with Crippen molar-refractivity contribution in [2.45, 2.75) is 77.2 Å². The number of aliphatic hydroxyl groups excluding tert-OH is 2. The van der Waals surface area contributed by atoms with Crippen molar-refractivity contribution in [2.75, 3.05) is 32.9 Å². The topological polar surface area (TPSA) is 108 Å². The lowest BCUT2D eigenvalue weighted by Gasteiger charge is -2.28. The van der Waals surface area contributed by atoms with Crippen LogP contribution in [0.25, 0.3) is 0 Å². The van der Waals surface area contributed by atoms with Crippen LogP contribution in [0.3, 0.4) is 0 Å². The van der Waals surface area contributed by atoms with Crippen LogP contribution in [0.4, 0.5) is 8.78 Å². The molecule has 0 bridgehead atoms. The minimum absolute atomic E-state index is 0.0751. The fourth-order valence-electron chi connectivity index (χ4n) is 5.03. The van der Waals surface area contributed by atoms with Crippen molar-refractivity contribution in [3.05, 3.63) is 70.3 Å². The second kappa shape index (κ2) is 15.9. The summed E-state index contributed by atoms with van der Waals surface area (Å²) in [5, 5.41) is 24.4.